The number of aryl methyl sites for hydroxylation is 3. The summed E-state index contributed by atoms with van der Waals surface area (Å²) in [4.78, 5) is 12.4. The molecule has 1 amide bonds. The number of carbonyl (C=O) groups excluding carboxylic acids is 1. The fraction of sp³-hybridized carbons (Fsp3) is 0.318. The standard InChI is InChI=1S/C22H25N3O2/c1-14(2)18-7-5-6-16(4)21(18)23-19(26)12-13-20-24-25-22(27-20)17-10-8-15(3)9-11-17/h5-11,14H,12-13H2,1-4H3,(H,23,26). The molecule has 1 aromatic heterocycles. The SMILES string of the molecule is Cc1ccc(-c2nnc(CCC(=O)Nc3c(C)cccc3C(C)C)o2)cc1. The number of benzene rings is 2. The van der Waals surface area contributed by atoms with E-state index in [2.05, 4.69) is 35.4 Å². The van der Waals surface area contributed by atoms with Gasteiger partial charge in [0, 0.05) is 24.1 Å². The molecule has 5 nitrogen and oxygen atoms in total. The largest absolute Gasteiger partial charge is 0.421 e. The average Bonchev–Trinajstić information content (AvgIpc) is 3.11. The lowest BCUT2D eigenvalue weighted by Gasteiger charge is -2.16. The van der Waals surface area contributed by atoms with E-state index in [9.17, 15) is 4.79 Å². The van der Waals surface area contributed by atoms with Crippen LogP contribution in [0.15, 0.2) is 46.9 Å². The highest BCUT2D eigenvalue weighted by atomic mass is 16.4. The first-order valence-electron chi connectivity index (χ1n) is 9.23. The maximum Gasteiger partial charge on any atom is 0.247 e. The van der Waals surface area contributed by atoms with Crippen molar-refractivity contribution in [3.63, 3.8) is 0 Å². The van der Waals surface area contributed by atoms with Crippen LogP contribution in [0.3, 0.4) is 0 Å². The number of rotatable bonds is 6. The Morgan fingerprint density at radius 3 is 2.52 bits per heavy atom. The van der Waals surface area contributed by atoms with Crippen LogP contribution in [0.5, 0.6) is 0 Å². The minimum Gasteiger partial charge on any atom is -0.421 e. The fourth-order valence-corrected chi connectivity index (χ4v) is 2.93. The molecular formula is C22H25N3O2. The fourth-order valence-electron chi connectivity index (χ4n) is 2.93. The molecule has 3 rings (SSSR count). The number of anilines is 1. The molecule has 5 heteroatoms. The van der Waals surface area contributed by atoms with Crippen molar-refractivity contribution in [2.45, 2.75) is 46.5 Å². The zero-order valence-corrected chi connectivity index (χ0v) is 16.2. The van der Waals surface area contributed by atoms with Gasteiger partial charge in [-0.15, -0.1) is 10.2 Å². The number of amides is 1. The van der Waals surface area contributed by atoms with Crippen LogP contribution in [0.25, 0.3) is 11.5 Å². The monoisotopic (exact) mass is 363 g/mol. The van der Waals surface area contributed by atoms with E-state index in [1.54, 1.807) is 0 Å². The molecule has 1 heterocycles. The summed E-state index contributed by atoms with van der Waals surface area (Å²) in [7, 11) is 0. The van der Waals surface area contributed by atoms with Crippen molar-refractivity contribution in [3.05, 3.63) is 65.0 Å². The third-order valence-electron chi connectivity index (χ3n) is 4.52. The van der Waals surface area contributed by atoms with E-state index in [4.69, 9.17) is 4.42 Å². The Morgan fingerprint density at radius 2 is 1.81 bits per heavy atom. The number of nitrogens with zero attached hydrogens (tertiary/aromatic N) is 2. The zero-order chi connectivity index (χ0) is 19.4. The van der Waals surface area contributed by atoms with E-state index in [1.165, 1.54) is 5.56 Å². The number of nitrogens with one attached hydrogen (secondary N) is 1. The molecule has 0 unspecified atom stereocenters. The number of aromatic nitrogens is 2. The van der Waals surface area contributed by atoms with Gasteiger partial charge in [0.05, 0.1) is 0 Å². The molecule has 0 aliphatic heterocycles. The Kier molecular flexibility index (Phi) is 5.69. The lowest BCUT2D eigenvalue weighted by Crippen LogP contribution is -2.15. The first kappa shape index (κ1) is 18.8. The van der Waals surface area contributed by atoms with E-state index in [-0.39, 0.29) is 5.91 Å². The number of para-hydroxylation sites is 1. The predicted molar refractivity (Wildman–Crippen MR) is 107 cm³/mol. The summed E-state index contributed by atoms with van der Waals surface area (Å²) in [6.45, 7) is 8.28. The van der Waals surface area contributed by atoms with Gasteiger partial charge in [-0.1, -0.05) is 49.7 Å². The molecule has 3 aromatic rings. The highest BCUT2D eigenvalue weighted by molar-refractivity contribution is 5.92. The van der Waals surface area contributed by atoms with Gasteiger partial charge in [0.15, 0.2) is 0 Å². The van der Waals surface area contributed by atoms with E-state index in [1.807, 2.05) is 50.2 Å². The molecule has 0 saturated carbocycles. The molecule has 0 aliphatic carbocycles. The summed E-state index contributed by atoms with van der Waals surface area (Å²) in [5, 5.41) is 11.2. The lowest BCUT2D eigenvalue weighted by molar-refractivity contribution is -0.116. The Hall–Kier alpha value is -2.95. The molecular weight excluding hydrogens is 338 g/mol. The molecule has 0 fully saturated rings. The van der Waals surface area contributed by atoms with E-state index in [0.29, 0.717) is 30.5 Å². The molecule has 0 saturated heterocycles. The third-order valence-corrected chi connectivity index (χ3v) is 4.52. The normalized spacial score (nSPS) is 11.0. The Bertz CT molecular complexity index is 927. The highest BCUT2D eigenvalue weighted by Crippen LogP contribution is 2.27. The van der Waals surface area contributed by atoms with Gasteiger partial charge in [-0.3, -0.25) is 4.79 Å². The van der Waals surface area contributed by atoms with Gasteiger partial charge in [0.2, 0.25) is 17.7 Å². The molecule has 0 atom stereocenters. The van der Waals surface area contributed by atoms with Crippen molar-refractivity contribution < 1.29 is 9.21 Å². The van der Waals surface area contributed by atoms with Gasteiger partial charge in [-0.25, -0.2) is 0 Å². The second-order valence-corrected chi connectivity index (χ2v) is 7.11. The minimum absolute atomic E-state index is 0.0544. The first-order valence-corrected chi connectivity index (χ1v) is 9.23. The van der Waals surface area contributed by atoms with Gasteiger partial charge in [-0.05, 0) is 43.0 Å². The topological polar surface area (TPSA) is 68.0 Å². The molecule has 2 aromatic carbocycles. The van der Waals surface area contributed by atoms with Crippen LogP contribution >= 0.6 is 0 Å². The second-order valence-electron chi connectivity index (χ2n) is 7.11. The second kappa shape index (κ2) is 8.16. The van der Waals surface area contributed by atoms with Gasteiger partial charge in [-0.2, -0.15) is 0 Å². The average molecular weight is 363 g/mol. The Balaban J connectivity index is 1.63. The van der Waals surface area contributed by atoms with Crippen molar-refractivity contribution in [1.29, 1.82) is 0 Å². The molecule has 1 N–H and O–H groups in total. The Labute approximate surface area is 159 Å². The quantitative estimate of drug-likeness (QED) is 0.665. The summed E-state index contributed by atoms with van der Waals surface area (Å²) in [5.41, 5.74) is 5.16. The van der Waals surface area contributed by atoms with Crippen molar-refractivity contribution in [3.8, 4) is 11.5 Å². The van der Waals surface area contributed by atoms with Gasteiger partial charge < -0.3 is 9.73 Å². The van der Waals surface area contributed by atoms with E-state index >= 15 is 0 Å². The summed E-state index contributed by atoms with van der Waals surface area (Å²) in [5.74, 6) is 1.23. The van der Waals surface area contributed by atoms with E-state index < -0.39 is 0 Å². The summed E-state index contributed by atoms with van der Waals surface area (Å²) >= 11 is 0. The molecule has 27 heavy (non-hydrogen) atoms. The van der Waals surface area contributed by atoms with Gasteiger partial charge in [0.25, 0.3) is 0 Å². The molecule has 0 radical (unpaired) electrons. The molecule has 0 spiro atoms. The van der Waals surface area contributed by atoms with Crippen LogP contribution < -0.4 is 5.32 Å². The van der Waals surface area contributed by atoms with Crippen molar-refractivity contribution in [2.75, 3.05) is 5.32 Å². The Morgan fingerprint density at radius 1 is 1.07 bits per heavy atom. The van der Waals surface area contributed by atoms with Crippen LogP contribution in [0.1, 0.15) is 48.8 Å². The van der Waals surface area contributed by atoms with Crippen LogP contribution in [-0.2, 0) is 11.2 Å². The summed E-state index contributed by atoms with van der Waals surface area (Å²) < 4.78 is 5.69. The van der Waals surface area contributed by atoms with Gasteiger partial charge >= 0.3 is 0 Å². The maximum atomic E-state index is 12.4. The molecule has 0 bridgehead atoms. The van der Waals surface area contributed by atoms with Crippen LogP contribution in [0.4, 0.5) is 5.69 Å². The summed E-state index contributed by atoms with van der Waals surface area (Å²) in [6, 6.07) is 14.0. The van der Waals surface area contributed by atoms with Crippen LogP contribution in [0, 0.1) is 13.8 Å². The molecule has 140 valence electrons. The smallest absolute Gasteiger partial charge is 0.247 e. The third kappa shape index (κ3) is 4.61. The zero-order valence-electron chi connectivity index (χ0n) is 16.2. The highest BCUT2D eigenvalue weighted by Gasteiger charge is 2.14. The molecule has 0 aliphatic rings. The maximum absolute atomic E-state index is 12.4. The number of carbonyl (C=O) groups is 1. The number of hydrogen-bond donors (Lipinski definition) is 1. The van der Waals surface area contributed by atoms with Crippen LogP contribution in [-0.4, -0.2) is 16.1 Å². The van der Waals surface area contributed by atoms with E-state index in [0.717, 1.165) is 22.4 Å². The van der Waals surface area contributed by atoms with Gasteiger partial charge in [0.1, 0.15) is 0 Å². The van der Waals surface area contributed by atoms with Crippen LogP contribution in [0.2, 0.25) is 0 Å². The summed E-state index contributed by atoms with van der Waals surface area (Å²) in [6.07, 6.45) is 0.703. The lowest BCUT2D eigenvalue weighted by atomic mass is 9.98. The first-order chi connectivity index (χ1) is 12.9. The van der Waals surface area contributed by atoms with Crippen molar-refractivity contribution in [1.82, 2.24) is 10.2 Å². The number of hydrogen-bond acceptors (Lipinski definition) is 4. The van der Waals surface area contributed by atoms with Crippen molar-refractivity contribution >= 4 is 11.6 Å². The minimum atomic E-state index is -0.0544. The van der Waals surface area contributed by atoms with Crippen molar-refractivity contribution in [2.24, 2.45) is 0 Å². The predicted octanol–water partition coefficient (Wildman–Crippen LogP) is 5.05.